The van der Waals surface area contributed by atoms with Gasteiger partial charge in [0, 0.05) is 12.1 Å². The van der Waals surface area contributed by atoms with Gasteiger partial charge in [-0.3, -0.25) is 0 Å². The second-order valence-corrected chi connectivity index (χ2v) is 11.3. The molecule has 4 aromatic rings. The van der Waals surface area contributed by atoms with E-state index in [2.05, 4.69) is 48.5 Å². The van der Waals surface area contributed by atoms with Crippen molar-refractivity contribution in [2.45, 2.75) is 38.3 Å². The lowest BCUT2D eigenvalue weighted by Crippen LogP contribution is -2.46. The average Bonchev–Trinajstić information content (AvgIpc) is 3.65. The van der Waals surface area contributed by atoms with Gasteiger partial charge in [-0.25, -0.2) is 0 Å². The van der Waals surface area contributed by atoms with Crippen LogP contribution in [0.3, 0.4) is 0 Å². The van der Waals surface area contributed by atoms with Crippen LogP contribution in [0.4, 0.5) is 0 Å². The van der Waals surface area contributed by atoms with Crippen molar-refractivity contribution in [3.8, 4) is 23.0 Å². The van der Waals surface area contributed by atoms with E-state index in [4.69, 9.17) is 28.4 Å². The van der Waals surface area contributed by atoms with Gasteiger partial charge >= 0.3 is 0 Å². The van der Waals surface area contributed by atoms with Crippen LogP contribution in [0.2, 0.25) is 0 Å². The molecule has 228 valence electrons. The van der Waals surface area contributed by atoms with E-state index in [1.54, 1.807) is 28.4 Å². The maximum Gasteiger partial charge on any atom is 0.191 e. The van der Waals surface area contributed by atoms with Gasteiger partial charge in [0.1, 0.15) is 23.0 Å². The normalized spacial score (nSPS) is 19.5. The number of hydrogen-bond donors (Lipinski definition) is 0. The van der Waals surface area contributed by atoms with Crippen LogP contribution in [0.25, 0.3) is 0 Å². The van der Waals surface area contributed by atoms with Crippen molar-refractivity contribution in [2.24, 2.45) is 11.8 Å². The molecular formula is C38H40O6. The van der Waals surface area contributed by atoms with E-state index < -0.39 is 5.79 Å². The fourth-order valence-electron chi connectivity index (χ4n) is 6.89. The van der Waals surface area contributed by atoms with Gasteiger partial charge in [0.2, 0.25) is 0 Å². The minimum absolute atomic E-state index is 0.200. The minimum Gasteiger partial charge on any atom is -0.497 e. The highest BCUT2D eigenvalue weighted by molar-refractivity contribution is 5.58. The molecule has 2 radical (unpaired) electrons. The lowest BCUT2D eigenvalue weighted by Gasteiger charge is -2.41. The maximum atomic E-state index is 7.20. The molecule has 2 aliphatic carbocycles. The molecule has 0 N–H and O–H groups in total. The van der Waals surface area contributed by atoms with Crippen molar-refractivity contribution in [3.05, 3.63) is 131 Å². The van der Waals surface area contributed by atoms with Crippen molar-refractivity contribution in [3.63, 3.8) is 0 Å². The molecule has 44 heavy (non-hydrogen) atoms. The minimum atomic E-state index is -1.18. The number of methoxy groups -OCH3 is 4. The summed E-state index contributed by atoms with van der Waals surface area (Å²) in [4.78, 5) is 0. The highest BCUT2D eigenvalue weighted by atomic mass is 16.7. The molecule has 2 fully saturated rings. The van der Waals surface area contributed by atoms with Crippen LogP contribution in [-0.2, 0) is 22.7 Å². The van der Waals surface area contributed by atoms with Gasteiger partial charge in [-0.05, 0) is 71.2 Å². The molecule has 0 bridgehead atoms. The van der Waals surface area contributed by atoms with E-state index >= 15 is 0 Å². The first-order valence-corrected chi connectivity index (χ1v) is 15.2. The Morgan fingerprint density at radius 2 is 0.886 bits per heavy atom. The van der Waals surface area contributed by atoms with Crippen LogP contribution in [0.1, 0.15) is 41.5 Å². The molecule has 2 atom stereocenters. The van der Waals surface area contributed by atoms with Crippen molar-refractivity contribution >= 4 is 0 Å². The monoisotopic (exact) mass is 592 g/mol. The van der Waals surface area contributed by atoms with Crippen LogP contribution in [0.15, 0.2) is 97.1 Å². The molecule has 0 saturated heterocycles. The molecule has 0 unspecified atom stereocenters. The zero-order valence-electron chi connectivity index (χ0n) is 25.9. The van der Waals surface area contributed by atoms with Gasteiger partial charge in [0.05, 0.1) is 53.5 Å². The van der Waals surface area contributed by atoms with E-state index in [1.165, 1.54) is 0 Å². The fraction of sp³-hybridized carbons (Fsp3) is 0.316. The summed E-state index contributed by atoms with van der Waals surface area (Å²) in [6.45, 7) is 0.731. The van der Waals surface area contributed by atoms with Crippen LogP contribution in [-0.4, -0.2) is 34.2 Å². The largest absolute Gasteiger partial charge is 0.497 e. The Morgan fingerprint density at radius 1 is 0.523 bits per heavy atom. The molecule has 6 nitrogen and oxygen atoms in total. The van der Waals surface area contributed by atoms with Gasteiger partial charge in [-0.1, -0.05) is 67.1 Å². The molecule has 0 spiro atoms. The van der Waals surface area contributed by atoms with Gasteiger partial charge in [0.25, 0.3) is 0 Å². The van der Waals surface area contributed by atoms with E-state index in [-0.39, 0.29) is 11.8 Å². The Balaban J connectivity index is 1.57. The lowest BCUT2D eigenvalue weighted by molar-refractivity contribution is -0.219. The Morgan fingerprint density at radius 3 is 1.23 bits per heavy atom. The Bertz CT molecular complexity index is 1360. The van der Waals surface area contributed by atoms with E-state index in [0.717, 1.165) is 76.4 Å². The second kappa shape index (κ2) is 13.3. The van der Waals surface area contributed by atoms with Crippen LogP contribution in [0.5, 0.6) is 23.0 Å². The van der Waals surface area contributed by atoms with Crippen molar-refractivity contribution in [1.82, 2.24) is 0 Å². The predicted octanol–water partition coefficient (Wildman–Crippen LogP) is 7.83. The van der Waals surface area contributed by atoms with E-state index in [0.29, 0.717) is 13.2 Å². The van der Waals surface area contributed by atoms with E-state index in [9.17, 15) is 0 Å². The Labute approximate surface area is 260 Å². The number of benzene rings is 4. The van der Waals surface area contributed by atoms with Crippen LogP contribution >= 0.6 is 0 Å². The molecule has 2 aliphatic rings. The van der Waals surface area contributed by atoms with Crippen molar-refractivity contribution in [1.29, 1.82) is 0 Å². The number of hydrogen-bond acceptors (Lipinski definition) is 6. The van der Waals surface area contributed by atoms with Crippen molar-refractivity contribution < 1.29 is 28.4 Å². The van der Waals surface area contributed by atoms with E-state index in [1.807, 2.05) is 48.5 Å². The summed E-state index contributed by atoms with van der Waals surface area (Å²) in [5.74, 6) is 4.29. The molecule has 4 aromatic carbocycles. The third kappa shape index (κ3) is 5.89. The highest BCUT2D eigenvalue weighted by Gasteiger charge is 2.65. The number of fused-ring (bicyclic) bond motifs is 1. The average molecular weight is 593 g/mol. The molecule has 6 rings (SSSR count). The van der Waals surface area contributed by atoms with Gasteiger partial charge < -0.3 is 28.4 Å². The number of ether oxygens (including phenoxy) is 6. The molecular weight excluding hydrogens is 552 g/mol. The van der Waals surface area contributed by atoms with Crippen LogP contribution < -0.4 is 18.9 Å². The topological polar surface area (TPSA) is 55.4 Å². The van der Waals surface area contributed by atoms with Crippen molar-refractivity contribution in [2.75, 3.05) is 28.4 Å². The summed E-state index contributed by atoms with van der Waals surface area (Å²) < 4.78 is 37.4. The molecule has 0 heterocycles. The fourth-order valence-corrected chi connectivity index (χ4v) is 6.89. The zero-order chi connectivity index (χ0) is 30.5. The Hall–Kier alpha value is -4.00. The smallest absolute Gasteiger partial charge is 0.191 e. The molecule has 6 heteroatoms. The summed E-state index contributed by atoms with van der Waals surface area (Å²) in [5.41, 5.74) is 4.11. The zero-order valence-corrected chi connectivity index (χ0v) is 25.9. The predicted molar refractivity (Wildman–Crippen MR) is 170 cm³/mol. The summed E-state index contributed by atoms with van der Waals surface area (Å²) in [7, 11) is 6.73. The first-order valence-electron chi connectivity index (χ1n) is 15.2. The maximum absolute atomic E-state index is 7.20. The molecule has 0 amide bonds. The highest BCUT2D eigenvalue weighted by Crippen LogP contribution is 2.65. The first kappa shape index (κ1) is 30.0. The summed E-state index contributed by atoms with van der Waals surface area (Å²) in [6, 6.07) is 32.6. The summed E-state index contributed by atoms with van der Waals surface area (Å²) in [5, 5.41) is 0. The van der Waals surface area contributed by atoms with Crippen LogP contribution in [0, 0.1) is 23.7 Å². The summed E-state index contributed by atoms with van der Waals surface area (Å²) >= 11 is 0. The van der Waals surface area contributed by atoms with Gasteiger partial charge in [-0.2, -0.15) is 0 Å². The molecule has 0 aliphatic heterocycles. The molecule has 2 saturated carbocycles. The quantitative estimate of drug-likeness (QED) is 0.156. The first-order chi connectivity index (χ1) is 21.6. The SMILES string of the molecule is COc1cc(OC)cc([C]2[C@H]3CCC[C@H]3[C](c3cc(OC)cc(OC)c3)C2(OCc2ccccc2)OCc2ccccc2)c1. The third-order valence-corrected chi connectivity index (χ3v) is 8.86. The van der Waals surface area contributed by atoms with Gasteiger partial charge in [-0.15, -0.1) is 0 Å². The second-order valence-electron chi connectivity index (χ2n) is 11.3. The third-order valence-electron chi connectivity index (χ3n) is 8.86. The van der Waals surface area contributed by atoms with Gasteiger partial charge in [0.15, 0.2) is 5.79 Å². The Kier molecular flexibility index (Phi) is 9.10. The summed E-state index contributed by atoms with van der Waals surface area (Å²) in [6.07, 6.45) is 3.16. The molecule has 0 aromatic heterocycles. The lowest BCUT2D eigenvalue weighted by atomic mass is 9.81. The number of rotatable bonds is 12. The standard InChI is InChI=1S/C38H40O6/c1-39-30-18-28(19-31(22-30)40-2)36-34-16-11-17-35(34)37(29-20-32(41-3)23-33(21-29)42-4)38(36,43-24-26-12-7-5-8-13-26)44-25-27-14-9-6-10-15-27/h5-10,12-15,18-23,34-35H,11,16-17,24-25H2,1-4H3/t34-,35+.